The molecule has 1 rings (SSSR count). The third kappa shape index (κ3) is 5.42. The van der Waals surface area contributed by atoms with E-state index in [4.69, 9.17) is 14.6 Å². The quantitative estimate of drug-likeness (QED) is 0.705. The van der Waals surface area contributed by atoms with Crippen molar-refractivity contribution in [3.63, 3.8) is 0 Å². The Morgan fingerprint density at radius 1 is 1.26 bits per heavy atom. The van der Waals surface area contributed by atoms with E-state index in [-0.39, 0.29) is 5.56 Å². The van der Waals surface area contributed by atoms with Crippen LogP contribution in [0.1, 0.15) is 30.6 Å². The average Bonchev–Trinajstić information content (AvgIpc) is 2.40. The zero-order valence-electron chi connectivity index (χ0n) is 11.3. The Bertz CT molecular complexity index is 406. The molecule has 1 N–H and O–H groups in total. The fourth-order valence-corrected chi connectivity index (χ4v) is 2.13. The first-order chi connectivity index (χ1) is 9.19. The van der Waals surface area contributed by atoms with Gasteiger partial charge in [-0.15, -0.1) is 0 Å². The van der Waals surface area contributed by atoms with Gasteiger partial charge in [-0.2, -0.15) is 11.8 Å². The standard InChI is InChI=1S/C14H20O4S/c1-3-17-13-10-11(14(15)16)6-7-12(13)18-8-5-9-19-4-2/h6-7,10H,3-5,8-9H2,1-2H3,(H,15,16). The number of rotatable bonds is 9. The lowest BCUT2D eigenvalue weighted by Gasteiger charge is -2.12. The first kappa shape index (κ1) is 15.7. The fraction of sp³-hybridized carbons (Fsp3) is 0.500. The van der Waals surface area contributed by atoms with Crippen LogP contribution in [-0.4, -0.2) is 35.8 Å². The summed E-state index contributed by atoms with van der Waals surface area (Å²) in [6.45, 7) is 5.07. The molecule has 0 aliphatic carbocycles. The summed E-state index contributed by atoms with van der Waals surface area (Å²) >= 11 is 1.88. The molecule has 0 aromatic heterocycles. The van der Waals surface area contributed by atoms with E-state index >= 15 is 0 Å². The van der Waals surface area contributed by atoms with Gasteiger partial charge in [0, 0.05) is 0 Å². The molecule has 1 aromatic rings. The van der Waals surface area contributed by atoms with E-state index in [1.54, 1.807) is 6.07 Å². The molecule has 0 atom stereocenters. The molecule has 0 fully saturated rings. The number of carboxylic acids is 1. The molecule has 0 heterocycles. The molecule has 106 valence electrons. The Morgan fingerprint density at radius 3 is 2.68 bits per heavy atom. The van der Waals surface area contributed by atoms with E-state index in [0.29, 0.717) is 24.7 Å². The smallest absolute Gasteiger partial charge is 0.335 e. The molecule has 4 nitrogen and oxygen atoms in total. The van der Waals surface area contributed by atoms with E-state index in [9.17, 15) is 4.79 Å². The van der Waals surface area contributed by atoms with Gasteiger partial charge in [-0.05, 0) is 43.0 Å². The van der Waals surface area contributed by atoms with Crippen LogP contribution >= 0.6 is 11.8 Å². The third-order valence-corrected chi connectivity index (χ3v) is 3.37. The first-order valence-electron chi connectivity index (χ1n) is 6.39. The summed E-state index contributed by atoms with van der Waals surface area (Å²) in [5.41, 5.74) is 0.206. The summed E-state index contributed by atoms with van der Waals surface area (Å²) in [6, 6.07) is 4.68. The van der Waals surface area contributed by atoms with Gasteiger partial charge in [-0.25, -0.2) is 4.79 Å². The van der Waals surface area contributed by atoms with E-state index in [1.165, 1.54) is 12.1 Å². The van der Waals surface area contributed by atoms with Crippen molar-refractivity contribution in [3.05, 3.63) is 23.8 Å². The lowest BCUT2D eigenvalue weighted by atomic mass is 10.2. The first-order valence-corrected chi connectivity index (χ1v) is 7.55. The Morgan fingerprint density at radius 2 is 2.05 bits per heavy atom. The second-order valence-electron chi connectivity index (χ2n) is 3.80. The highest BCUT2D eigenvalue weighted by molar-refractivity contribution is 7.99. The highest BCUT2D eigenvalue weighted by Gasteiger charge is 2.10. The predicted molar refractivity (Wildman–Crippen MR) is 77.7 cm³/mol. The number of benzene rings is 1. The maximum absolute atomic E-state index is 10.9. The summed E-state index contributed by atoms with van der Waals surface area (Å²) in [5.74, 6) is 2.30. The summed E-state index contributed by atoms with van der Waals surface area (Å²) < 4.78 is 11.1. The van der Waals surface area contributed by atoms with Crippen molar-refractivity contribution in [1.82, 2.24) is 0 Å². The van der Waals surface area contributed by atoms with E-state index < -0.39 is 5.97 Å². The molecule has 0 unspecified atom stereocenters. The number of carbonyl (C=O) groups is 1. The van der Waals surface area contributed by atoms with Gasteiger partial charge in [-0.1, -0.05) is 6.92 Å². The lowest BCUT2D eigenvalue weighted by Crippen LogP contribution is -2.04. The van der Waals surface area contributed by atoms with Crippen molar-refractivity contribution in [2.75, 3.05) is 24.7 Å². The van der Waals surface area contributed by atoms with Crippen LogP contribution in [0.3, 0.4) is 0 Å². The molecule has 1 aromatic carbocycles. The van der Waals surface area contributed by atoms with E-state index in [1.807, 2.05) is 18.7 Å². The molecule has 5 heteroatoms. The Hall–Kier alpha value is -1.36. The second-order valence-corrected chi connectivity index (χ2v) is 5.19. The third-order valence-electron chi connectivity index (χ3n) is 2.39. The van der Waals surface area contributed by atoms with Crippen molar-refractivity contribution < 1.29 is 19.4 Å². The fourth-order valence-electron chi connectivity index (χ4n) is 1.52. The molecule has 0 saturated carbocycles. The van der Waals surface area contributed by atoms with Gasteiger partial charge in [0.2, 0.25) is 0 Å². The predicted octanol–water partition coefficient (Wildman–Crippen LogP) is 3.31. The highest BCUT2D eigenvalue weighted by atomic mass is 32.2. The normalized spacial score (nSPS) is 10.2. The molecular weight excluding hydrogens is 264 g/mol. The summed E-state index contributed by atoms with van der Waals surface area (Å²) in [7, 11) is 0. The lowest BCUT2D eigenvalue weighted by molar-refractivity contribution is 0.0696. The largest absolute Gasteiger partial charge is 0.490 e. The molecule has 0 amide bonds. The van der Waals surface area contributed by atoms with E-state index in [2.05, 4.69) is 6.92 Å². The van der Waals surface area contributed by atoms with Crippen LogP contribution in [0.25, 0.3) is 0 Å². The van der Waals surface area contributed by atoms with Crippen molar-refractivity contribution in [3.8, 4) is 11.5 Å². The number of hydrogen-bond donors (Lipinski definition) is 1. The van der Waals surface area contributed by atoms with Crippen LogP contribution in [0.15, 0.2) is 18.2 Å². The second kappa shape index (κ2) is 8.69. The Balaban J connectivity index is 2.62. The Kier molecular flexibility index (Phi) is 7.18. The number of hydrogen-bond acceptors (Lipinski definition) is 4. The van der Waals surface area contributed by atoms with Gasteiger partial charge in [0.15, 0.2) is 11.5 Å². The van der Waals surface area contributed by atoms with Gasteiger partial charge >= 0.3 is 5.97 Å². The van der Waals surface area contributed by atoms with Crippen LogP contribution < -0.4 is 9.47 Å². The van der Waals surface area contributed by atoms with Crippen molar-refractivity contribution in [2.24, 2.45) is 0 Å². The molecule has 0 spiro atoms. The van der Waals surface area contributed by atoms with Gasteiger partial charge in [-0.3, -0.25) is 0 Å². The van der Waals surface area contributed by atoms with Crippen molar-refractivity contribution in [2.45, 2.75) is 20.3 Å². The maximum Gasteiger partial charge on any atom is 0.335 e. The van der Waals surface area contributed by atoms with Gasteiger partial charge in [0.05, 0.1) is 18.8 Å². The minimum Gasteiger partial charge on any atom is -0.490 e. The molecular formula is C14H20O4S. The van der Waals surface area contributed by atoms with Crippen molar-refractivity contribution in [1.29, 1.82) is 0 Å². The monoisotopic (exact) mass is 284 g/mol. The number of thioether (sulfide) groups is 1. The highest BCUT2D eigenvalue weighted by Crippen LogP contribution is 2.28. The molecule has 19 heavy (non-hydrogen) atoms. The van der Waals surface area contributed by atoms with Gasteiger partial charge in [0.25, 0.3) is 0 Å². The van der Waals surface area contributed by atoms with Crippen LogP contribution in [-0.2, 0) is 0 Å². The molecule has 0 aliphatic heterocycles. The van der Waals surface area contributed by atoms with Crippen LogP contribution in [0.4, 0.5) is 0 Å². The van der Waals surface area contributed by atoms with Gasteiger partial charge < -0.3 is 14.6 Å². The maximum atomic E-state index is 10.9. The number of carboxylic acid groups (broad SMARTS) is 1. The summed E-state index contributed by atoms with van der Waals surface area (Å²) in [6.07, 6.45) is 0.963. The zero-order chi connectivity index (χ0) is 14.1. The van der Waals surface area contributed by atoms with Gasteiger partial charge in [0.1, 0.15) is 0 Å². The summed E-state index contributed by atoms with van der Waals surface area (Å²) in [5, 5.41) is 8.94. The zero-order valence-corrected chi connectivity index (χ0v) is 12.2. The van der Waals surface area contributed by atoms with Crippen molar-refractivity contribution >= 4 is 17.7 Å². The summed E-state index contributed by atoms with van der Waals surface area (Å²) in [4.78, 5) is 10.9. The Labute approximate surface area is 118 Å². The minimum atomic E-state index is -0.966. The van der Waals surface area contributed by atoms with Crippen LogP contribution in [0.5, 0.6) is 11.5 Å². The molecule has 0 bridgehead atoms. The topological polar surface area (TPSA) is 55.8 Å². The minimum absolute atomic E-state index is 0.206. The molecule has 0 radical (unpaired) electrons. The number of ether oxygens (including phenoxy) is 2. The average molecular weight is 284 g/mol. The number of aromatic carboxylic acids is 1. The SMILES string of the molecule is CCOc1cc(C(=O)O)ccc1OCCCSCC. The molecule has 0 saturated heterocycles. The van der Waals surface area contributed by atoms with E-state index in [0.717, 1.165) is 17.9 Å². The molecule has 0 aliphatic rings. The van der Waals surface area contributed by atoms with Crippen LogP contribution in [0.2, 0.25) is 0 Å². The van der Waals surface area contributed by atoms with Crippen LogP contribution in [0, 0.1) is 0 Å².